The molecule has 0 spiro atoms. The van der Waals surface area contributed by atoms with Crippen molar-refractivity contribution in [1.29, 1.82) is 0 Å². The average Bonchev–Trinajstić information content (AvgIpc) is 3.34. The summed E-state index contributed by atoms with van der Waals surface area (Å²) in [6.07, 6.45) is 3.12. The molecule has 1 aliphatic rings. The van der Waals surface area contributed by atoms with Crippen molar-refractivity contribution in [1.82, 2.24) is 14.1 Å². The number of sulfone groups is 1. The van der Waals surface area contributed by atoms with E-state index in [-0.39, 0.29) is 16.9 Å². The van der Waals surface area contributed by atoms with Gasteiger partial charge in [-0.2, -0.15) is 8.75 Å². The molecule has 144 valence electrons. The Hall–Kier alpha value is -2.78. The number of hydrogen-bond donors (Lipinski definition) is 1. The molecule has 3 aromatic rings. The Morgan fingerprint density at radius 3 is 2.71 bits per heavy atom. The van der Waals surface area contributed by atoms with Crippen LogP contribution in [0.3, 0.4) is 0 Å². The number of benzene rings is 2. The molecule has 2 heterocycles. The lowest BCUT2D eigenvalue weighted by molar-refractivity contribution is 0.0929. The normalized spacial score (nSPS) is 15.7. The van der Waals surface area contributed by atoms with E-state index < -0.39 is 9.84 Å². The largest absolute Gasteiger partial charge is 0.487 e. The van der Waals surface area contributed by atoms with Gasteiger partial charge in [0.25, 0.3) is 5.91 Å². The van der Waals surface area contributed by atoms with Crippen LogP contribution in [0.5, 0.6) is 5.75 Å². The summed E-state index contributed by atoms with van der Waals surface area (Å²) in [5.74, 6) is 0.495. The van der Waals surface area contributed by atoms with Gasteiger partial charge in [0, 0.05) is 18.2 Å². The first-order valence-electron chi connectivity index (χ1n) is 8.56. The van der Waals surface area contributed by atoms with Gasteiger partial charge in [-0.3, -0.25) is 4.79 Å². The number of fused-ring (bicyclic) bond motifs is 1. The Labute approximate surface area is 166 Å². The molecule has 9 heteroatoms. The number of aromatic nitrogens is 2. The highest BCUT2D eigenvalue weighted by Crippen LogP contribution is 2.38. The van der Waals surface area contributed by atoms with Gasteiger partial charge in [0.15, 0.2) is 15.5 Å². The van der Waals surface area contributed by atoms with E-state index in [1.807, 2.05) is 18.2 Å². The Morgan fingerprint density at radius 2 is 2.04 bits per heavy atom. The smallest absolute Gasteiger partial charge is 0.272 e. The maximum Gasteiger partial charge on any atom is 0.272 e. The second-order valence-electron chi connectivity index (χ2n) is 6.54. The molecule has 2 aromatic carbocycles. The third kappa shape index (κ3) is 3.76. The highest BCUT2D eigenvalue weighted by atomic mass is 32.2. The number of nitrogens with zero attached hydrogens (tertiary/aromatic N) is 2. The van der Waals surface area contributed by atoms with Gasteiger partial charge in [0.05, 0.1) is 29.4 Å². The summed E-state index contributed by atoms with van der Waals surface area (Å²) in [6, 6.07) is 12.6. The van der Waals surface area contributed by atoms with Crippen molar-refractivity contribution in [2.24, 2.45) is 0 Å². The fourth-order valence-electron chi connectivity index (χ4n) is 3.12. The van der Waals surface area contributed by atoms with Gasteiger partial charge in [0.1, 0.15) is 11.9 Å². The van der Waals surface area contributed by atoms with E-state index in [0.717, 1.165) is 34.2 Å². The van der Waals surface area contributed by atoms with Crippen LogP contribution in [0.1, 0.15) is 16.1 Å². The topological polar surface area (TPSA) is 98.2 Å². The molecule has 28 heavy (non-hydrogen) atoms. The van der Waals surface area contributed by atoms with Crippen molar-refractivity contribution < 1.29 is 17.9 Å². The van der Waals surface area contributed by atoms with E-state index >= 15 is 0 Å². The first-order valence-corrected chi connectivity index (χ1v) is 11.2. The maximum absolute atomic E-state index is 12.0. The first-order chi connectivity index (χ1) is 13.4. The van der Waals surface area contributed by atoms with Gasteiger partial charge in [-0.25, -0.2) is 8.42 Å². The number of ether oxygens (including phenoxy) is 1. The molecule has 1 N–H and O–H groups in total. The number of amides is 1. The molecule has 0 saturated carbocycles. The Balaban J connectivity index is 1.50. The van der Waals surface area contributed by atoms with E-state index in [1.165, 1.54) is 12.5 Å². The predicted molar refractivity (Wildman–Crippen MR) is 105 cm³/mol. The van der Waals surface area contributed by atoms with E-state index in [0.29, 0.717) is 18.7 Å². The minimum Gasteiger partial charge on any atom is -0.487 e. The minimum absolute atomic E-state index is 0.179. The molecular weight excluding hydrogens is 398 g/mol. The van der Waals surface area contributed by atoms with Crippen LogP contribution < -0.4 is 10.1 Å². The second kappa shape index (κ2) is 7.33. The lowest BCUT2D eigenvalue weighted by Crippen LogP contribution is -2.34. The lowest BCUT2D eigenvalue weighted by atomic mass is 10.0. The zero-order valence-corrected chi connectivity index (χ0v) is 16.6. The minimum atomic E-state index is -3.24. The Morgan fingerprint density at radius 1 is 1.25 bits per heavy atom. The number of nitrogens with one attached hydrogen (secondary N) is 1. The monoisotopic (exact) mass is 415 g/mol. The summed E-state index contributed by atoms with van der Waals surface area (Å²) in [7, 11) is -3.24. The Kier molecular flexibility index (Phi) is 4.86. The highest BCUT2D eigenvalue weighted by molar-refractivity contribution is 7.90. The van der Waals surface area contributed by atoms with Crippen LogP contribution in [0.25, 0.3) is 11.1 Å². The molecule has 0 bridgehead atoms. The van der Waals surface area contributed by atoms with Crippen LogP contribution in [0.4, 0.5) is 0 Å². The molecule has 7 nitrogen and oxygen atoms in total. The molecule has 0 unspecified atom stereocenters. The molecule has 4 rings (SSSR count). The SMILES string of the molecule is CS(=O)(=O)c1ccc(-c2cccc3c2O[C@@H](CNC(=O)c2cnsn2)C3)cc1. The van der Waals surface area contributed by atoms with Crippen molar-refractivity contribution in [3.05, 3.63) is 59.9 Å². The number of rotatable bonds is 5. The molecule has 0 radical (unpaired) electrons. The first kappa shape index (κ1) is 18.6. The Bertz CT molecular complexity index is 1110. The zero-order valence-electron chi connectivity index (χ0n) is 15.0. The second-order valence-corrected chi connectivity index (χ2v) is 9.11. The summed E-state index contributed by atoms with van der Waals surface area (Å²) >= 11 is 0.988. The van der Waals surface area contributed by atoms with Gasteiger partial charge < -0.3 is 10.1 Å². The number of carbonyl (C=O) groups excluding carboxylic acids is 1. The number of hydrogen-bond acceptors (Lipinski definition) is 7. The van der Waals surface area contributed by atoms with E-state index in [4.69, 9.17) is 4.74 Å². The lowest BCUT2D eigenvalue weighted by Gasteiger charge is -2.13. The van der Waals surface area contributed by atoms with Crippen molar-refractivity contribution in [2.75, 3.05) is 12.8 Å². The summed E-state index contributed by atoms with van der Waals surface area (Å²) in [4.78, 5) is 12.3. The fourth-order valence-corrected chi connectivity index (χ4v) is 4.17. The van der Waals surface area contributed by atoms with E-state index in [9.17, 15) is 13.2 Å². The number of para-hydroxylation sites is 1. The van der Waals surface area contributed by atoms with Crippen LogP contribution >= 0.6 is 11.7 Å². The fraction of sp³-hybridized carbons (Fsp3) is 0.211. The molecular formula is C19H17N3O4S2. The summed E-state index contributed by atoms with van der Waals surface area (Å²) in [6.45, 7) is 0.359. The molecule has 1 atom stereocenters. The number of carbonyl (C=O) groups is 1. The van der Waals surface area contributed by atoms with Crippen molar-refractivity contribution in [3.63, 3.8) is 0 Å². The van der Waals surface area contributed by atoms with Crippen LogP contribution in [0, 0.1) is 0 Å². The third-order valence-electron chi connectivity index (χ3n) is 4.51. The van der Waals surface area contributed by atoms with Gasteiger partial charge >= 0.3 is 0 Å². The van der Waals surface area contributed by atoms with Gasteiger partial charge in [-0.15, -0.1) is 0 Å². The summed E-state index contributed by atoms with van der Waals surface area (Å²) in [5.41, 5.74) is 3.13. The summed E-state index contributed by atoms with van der Waals surface area (Å²) < 4.78 is 37.1. The standard InChI is InChI=1S/C19H17N3O4S2/c1-28(24,25)15-7-5-12(6-8-15)16-4-2-3-13-9-14(26-18(13)16)10-20-19(23)17-11-21-27-22-17/h2-8,11,14H,9-10H2,1H3,(H,20,23)/t14-/m1/s1. The molecule has 0 aliphatic carbocycles. The van der Waals surface area contributed by atoms with Crippen molar-refractivity contribution in [2.45, 2.75) is 17.4 Å². The van der Waals surface area contributed by atoms with Crippen molar-refractivity contribution >= 4 is 27.5 Å². The zero-order chi connectivity index (χ0) is 19.7. The predicted octanol–water partition coefficient (Wildman–Crippen LogP) is 2.34. The molecule has 0 saturated heterocycles. The van der Waals surface area contributed by atoms with Crippen LogP contribution in [0.2, 0.25) is 0 Å². The van der Waals surface area contributed by atoms with Crippen LogP contribution in [0.15, 0.2) is 53.6 Å². The van der Waals surface area contributed by atoms with Crippen LogP contribution in [-0.4, -0.2) is 42.0 Å². The van der Waals surface area contributed by atoms with E-state index in [2.05, 4.69) is 14.1 Å². The quantitative estimate of drug-likeness (QED) is 0.687. The molecule has 1 aromatic heterocycles. The molecule has 0 fully saturated rings. The third-order valence-corrected chi connectivity index (χ3v) is 6.11. The van der Waals surface area contributed by atoms with Gasteiger partial charge in [0.2, 0.25) is 0 Å². The maximum atomic E-state index is 12.0. The highest BCUT2D eigenvalue weighted by Gasteiger charge is 2.26. The average molecular weight is 415 g/mol. The van der Waals surface area contributed by atoms with Crippen molar-refractivity contribution in [3.8, 4) is 16.9 Å². The van der Waals surface area contributed by atoms with Gasteiger partial charge in [-0.1, -0.05) is 30.3 Å². The van der Waals surface area contributed by atoms with Crippen LogP contribution in [-0.2, 0) is 16.3 Å². The van der Waals surface area contributed by atoms with Gasteiger partial charge in [-0.05, 0) is 23.3 Å². The molecule has 1 aliphatic heterocycles. The summed E-state index contributed by atoms with van der Waals surface area (Å²) in [5, 5.41) is 2.82. The molecule has 1 amide bonds. The van der Waals surface area contributed by atoms with E-state index in [1.54, 1.807) is 24.3 Å².